The molecule has 158 valence electrons. The Hall–Kier alpha value is -3.70. The number of carbonyl (C=O) groups is 1. The Kier molecular flexibility index (Phi) is 5.96. The molecule has 1 aliphatic heterocycles. The molecule has 0 aliphatic carbocycles. The second kappa shape index (κ2) is 8.98. The molecule has 3 aromatic rings. The number of nitrogens with zero attached hydrogens (tertiary/aromatic N) is 4. The molecule has 1 saturated heterocycles. The van der Waals surface area contributed by atoms with Crippen molar-refractivity contribution in [2.75, 3.05) is 20.1 Å². The Bertz CT molecular complexity index is 1150. The summed E-state index contributed by atoms with van der Waals surface area (Å²) in [5, 5.41) is 14.7. The summed E-state index contributed by atoms with van der Waals surface area (Å²) in [4.78, 5) is 31.5. The van der Waals surface area contributed by atoms with Gasteiger partial charge in [0.2, 0.25) is 0 Å². The molecule has 1 aromatic carbocycles. The summed E-state index contributed by atoms with van der Waals surface area (Å²) in [5.41, 5.74) is 1.94. The zero-order chi connectivity index (χ0) is 21.8. The average molecular weight is 416 g/mol. The summed E-state index contributed by atoms with van der Waals surface area (Å²) in [6.07, 6.45) is 6.66. The number of hydrogen-bond donors (Lipinski definition) is 2. The number of nitriles is 1. The monoisotopic (exact) mass is 416 g/mol. The number of aromatic nitrogens is 3. The quantitative estimate of drug-likeness (QED) is 0.664. The van der Waals surface area contributed by atoms with Gasteiger partial charge in [0.25, 0.3) is 11.5 Å². The molecule has 0 spiro atoms. The van der Waals surface area contributed by atoms with Gasteiger partial charge in [0.1, 0.15) is 0 Å². The molecule has 4 rings (SSSR count). The van der Waals surface area contributed by atoms with Gasteiger partial charge in [-0.05, 0) is 56.3 Å². The van der Waals surface area contributed by atoms with Gasteiger partial charge in [0.15, 0.2) is 5.82 Å². The van der Waals surface area contributed by atoms with Crippen LogP contribution in [-0.2, 0) is 0 Å². The van der Waals surface area contributed by atoms with Crippen LogP contribution in [0.3, 0.4) is 0 Å². The molecule has 1 fully saturated rings. The van der Waals surface area contributed by atoms with Crippen LogP contribution < -0.4 is 10.9 Å². The highest BCUT2D eigenvalue weighted by Gasteiger charge is 2.19. The lowest BCUT2D eigenvalue weighted by molar-refractivity contribution is 0.0928. The number of amides is 1. The van der Waals surface area contributed by atoms with Gasteiger partial charge in [-0.1, -0.05) is 18.6 Å². The second-order valence-electron chi connectivity index (χ2n) is 7.79. The fourth-order valence-electron chi connectivity index (χ4n) is 3.82. The van der Waals surface area contributed by atoms with Crippen LogP contribution in [-0.4, -0.2) is 51.8 Å². The van der Waals surface area contributed by atoms with Gasteiger partial charge in [0.05, 0.1) is 22.8 Å². The largest absolute Gasteiger partial charge is 0.350 e. The highest BCUT2D eigenvalue weighted by molar-refractivity contribution is 5.93. The minimum Gasteiger partial charge on any atom is -0.350 e. The maximum atomic E-state index is 12.5. The summed E-state index contributed by atoms with van der Waals surface area (Å²) in [7, 11) is 2.09. The van der Waals surface area contributed by atoms with Crippen molar-refractivity contribution in [2.45, 2.75) is 25.3 Å². The fourth-order valence-corrected chi connectivity index (χ4v) is 3.82. The molecular weight excluding hydrogens is 392 g/mol. The standard InChI is InChI=1S/C23H24N6O2/c1-28-11-3-2-4-19(28)14-26-22(30)18-9-10-21(25-13-18)29-15-20(23(31)27-29)17-7-5-16(12-24)6-8-17/h5-10,13,15,19H,2-4,11,14H2,1H3,(H,26,30)(H,27,31). The van der Waals surface area contributed by atoms with E-state index in [0.717, 1.165) is 13.0 Å². The Labute approximate surface area is 180 Å². The third kappa shape index (κ3) is 4.57. The third-order valence-corrected chi connectivity index (χ3v) is 5.73. The van der Waals surface area contributed by atoms with E-state index in [1.54, 1.807) is 42.6 Å². The highest BCUT2D eigenvalue weighted by Crippen LogP contribution is 2.17. The van der Waals surface area contributed by atoms with E-state index in [1.165, 1.54) is 23.7 Å². The van der Waals surface area contributed by atoms with Gasteiger partial charge in [-0.3, -0.25) is 14.7 Å². The first-order valence-corrected chi connectivity index (χ1v) is 10.3. The predicted molar refractivity (Wildman–Crippen MR) is 117 cm³/mol. The number of H-pyrrole nitrogens is 1. The Balaban J connectivity index is 1.45. The number of nitrogens with one attached hydrogen (secondary N) is 2. The lowest BCUT2D eigenvalue weighted by Crippen LogP contribution is -2.44. The molecule has 8 heteroatoms. The fraction of sp³-hybridized carbons (Fsp3) is 0.304. The number of pyridine rings is 1. The number of carbonyl (C=O) groups excluding carboxylic acids is 1. The van der Waals surface area contributed by atoms with Gasteiger partial charge in [-0.25, -0.2) is 9.67 Å². The number of likely N-dealkylation sites (N-methyl/N-ethyl adjacent to an activating group) is 1. The molecular formula is C23H24N6O2. The zero-order valence-electron chi connectivity index (χ0n) is 17.3. The molecule has 2 N–H and O–H groups in total. The summed E-state index contributed by atoms with van der Waals surface area (Å²) in [6, 6.07) is 12.6. The topological polar surface area (TPSA) is 107 Å². The van der Waals surface area contributed by atoms with Crippen LogP contribution in [0.25, 0.3) is 16.9 Å². The van der Waals surface area contributed by atoms with Crippen LogP contribution in [0.2, 0.25) is 0 Å². The lowest BCUT2D eigenvalue weighted by atomic mass is 10.0. The maximum absolute atomic E-state index is 12.5. The molecule has 1 amide bonds. The van der Waals surface area contributed by atoms with E-state index in [9.17, 15) is 9.59 Å². The molecule has 1 atom stereocenters. The summed E-state index contributed by atoms with van der Waals surface area (Å²) in [6.45, 7) is 1.69. The minimum absolute atomic E-state index is 0.155. The van der Waals surface area contributed by atoms with Crippen LogP contribution >= 0.6 is 0 Å². The number of likely N-dealkylation sites (tertiary alicyclic amines) is 1. The van der Waals surface area contributed by atoms with E-state index >= 15 is 0 Å². The van der Waals surface area contributed by atoms with Crippen LogP contribution in [0, 0.1) is 11.3 Å². The van der Waals surface area contributed by atoms with Crippen molar-refractivity contribution in [1.29, 1.82) is 5.26 Å². The Morgan fingerprint density at radius 1 is 1.26 bits per heavy atom. The van der Waals surface area contributed by atoms with Crippen LogP contribution in [0.5, 0.6) is 0 Å². The third-order valence-electron chi connectivity index (χ3n) is 5.73. The van der Waals surface area contributed by atoms with E-state index < -0.39 is 0 Å². The summed E-state index contributed by atoms with van der Waals surface area (Å²) in [5.74, 6) is 0.345. The van der Waals surface area contributed by atoms with Crippen molar-refractivity contribution < 1.29 is 4.79 Å². The average Bonchev–Trinajstić information content (AvgIpc) is 3.20. The maximum Gasteiger partial charge on any atom is 0.272 e. The Morgan fingerprint density at radius 2 is 2.06 bits per heavy atom. The molecule has 3 heterocycles. The molecule has 0 saturated carbocycles. The molecule has 1 unspecified atom stereocenters. The van der Waals surface area contributed by atoms with Crippen molar-refractivity contribution in [3.63, 3.8) is 0 Å². The van der Waals surface area contributed by atoms with Crippen molar-refractivity contribution in [2.24, 2.45) is 0 Å². The SMILES string of the molecule is CN1CCCCC1CNC(=O)c1ccc(-n2cc(-c3ccc(C#N)cc3)c(=O)[nH]2)nc1. The molecule has 2 aromatic heterocycles. The first-order chi connectivity index (χ1) is 15.0. The molecule has 1 aliphatic rings. The first-order valence-electron chi connectivity index (χ1n) is 10.3. The Morgan fingerprint density at radius 3 is 2.74 bits per heavy atom. The molecule has 8 nitrogen and oxygen atoms in total. The number of rotatable bonds is 5. The van der Waals surface area contributed by atoms with Crippen molar-refractivity contribution >= 4 is 5.91 Å². The number of aromatic amines is 1. The van der Waals surface area contributed by atoms with E-state index in [1.807, 2.05) is 0 Å². The van der Waals surface area contributed by atoms with E-state index in [4.69, 9.17) is 5.26 Å². The van der Waals surface area contributed by atoms with Crippen molar-refractivity contribution in [1.82, 2.24) is 25.0 Å². The van der Waals surface area contributed by atoms with E-state index in [0.29, 0.717) is 40.7 Å². The normalized spacial score (nSPS) is 16.6. The first kappa shape index (κ1) is 20.6. The number of piperidine rings is 1. The van der Waals surface area contributed by atoms with Crippen molar-refractivity contribution in [3.05, 3.63) is 70.3 Å². The van der Waals surface area contributed by atoms with Crippen LogP contribution in [0.4, 0.5) is 0 Å². The van der Waals surface area contributed by atoms with E-state index in [2.05, 4.69) is 33.4 Å². The summed E-state index contributed by atoms with van der Waals surface area (Å²) < 4.78 is 1.52. The van der Waals surface area contributed by atoms with Gasteiger partial charge >= 0.3 is 0 Å². The van der Waals surface area contributed by atoms with Gasteiger partial charge < -0.3 is 10.2 Å². The summed E-state index contributed by atoms with van der Waals surface area (Å²) >= 11 is 0. The number of benzene rings is 1. The molecule has 0 radical (unpaired) electrons. The van der Waals surface area contributed by atoms with Crippen LogP contribution in [0.15, 0.2) is 53.6 Å². The van der Waals surface area contributed by atoms with Gasteiger partial charge in [-0.15, -0.1) is 0 Å². The second-order valence-corrected chi connectivity index (χ2v) is 7.79. The predicted octanol–water partition coefficient (Wildman–Crippen LogP) is 2.31. The van der Waals surface area contributed by atoms with E-state index in [-0.39, 0.29) is 11.5 Å². The van der Waals surface area contributed by atoms with Crippen molar-refractivity contribution in [3.8, 4) is 23.0 Å². The van der Waals surface area contributed by atoms with Gasteiger partial charge in [-0.2, -0.15) is 5.26 Å². The zero-order valence-corrected chi connectivity index (χ0v) is 17.3. The van der Waals surface area contributed by atoms with Gasteiger partial charge in [0, 0.05) is 25.0 Å². The molecule has 31 heavy (non-hydrogen) atoms. The minimum atomic E-state index is -0.259. The lowest BCUT2D eigenvalue weighted by Gasteiger charge is -2.32. The molecule has 0 bridgehead atoms. The number of hydrogen-bond acceptors (Lipinski definition) is 5. The highest BCUT2D eigenvalue weighted by atomic mass is 16.1. The smallest absolute Gasteiger partial charge is 0.272 e. The van der Waals surface area contributed by atoms with Crippen LogP contribution in [0.1, 0.15) is 35.2 Å².